The predicted octanol–water partition coefficient (Wildman–Crippen LogP) is 4.41. The molecule has 0 aliphatic rings. The molecule has 0 unspecified atom stereocenters. The Balaban J connectivity index is 2.42. The number of anilines is 2. The van der Waals surface area contributed by atoms with E-state index < -0.39 is 4.92 Å². The van der Waals surface area contributed by atoms with E-state index in [9.17, 15) is 10.1 Å². The van der Waals surface area contributed by atoms with Gasteiger partial charge in [0, 0.05) is 24.4 Å². The highest BCUT2D eigenvalue weighted by atomic mass is 35.5. The third kappa shape index (κ3) is 2.85. The van der Waals surface area contributed by atoms with Crippen molar-refractivity contribution >= 4 is 28.7 Å². The van der Waals surface area contributed by atoms with Gasteiger partial charge in [-0.2, -0.15) is 0 Å². The average molecular weight is 277 g/mol. The summed E-state index contributed by atoms with van der Waals surface area (Å²) in [5.41, 5.74) is 1.76. The van der Waals surface area contributed by atoms with E-state index in [1.54, 1.807) is 6.07 Å². The topological polar surface area (TPSA) is 46.4 Å². The summed E-state index contributed by atoms with van der Waals surface area (Å²) in [4.78, 5) is 12.3. The van der Waals surface area contributed by atoms with Crippen molar-refractivity contribution in [3.8, 4) is 0 Å². The van der Waals surface area contributed by atoms with E-state index in [2.05, 4.69) is 0 Å². The summed E-state index contributed by atoms with van der Waals surface area (Å²) in [7, 11) is 0. The van der Waals surface area contributed by atoms with Gasteiger partial charge in [-0.1, -0.05) is 29.8 Å². The standard InChI is InChI=1S/C14H13ClN2O2/c1-2-16(11-6-4-3-5-7-11)14-9-8-12(17(18)19)10-13(14)15/h3-10H,2H2,1H3. The van der Waals surface area contributed by atoms with Crippen molar-refractivity contribution in [1.29, 1.82) is 0 Å². The van der Waals surface area contributed by atoms with Crippen LogP contribution in [0.2, 0.25) is 5.02 Å². The summed E-state index contributed by atoms with van der Waals surface area (Å²) in [5, 5.41) is 11.1. The maximum absolute atomic E-state index is 10.7. The van der Waals surface area contributed by atoms with Gasteiger partial charge in [-0.3, -0.25) is 10.1 Å². The van der Waals surface area contributed by atoms with Crippen LogP contribution in [-0.4, -0.2) is 11.5 Å². The number of nitro benzene ring substituents is 1. The maximum atomic E-state index is 10.7. The van der Waals surface area contributed by atoms with E-state index >= 15 is 0 Å². The third-order valence-corrected chi connectivity index (χ3v) is 3.12. The Morgan fingerprint density at radius 3 is 2.42 bits per heavy atom. The highest BCUT2D eigenvalue weighted by Gasteiger charge is 2.14. The number of rotatable bonds is 4. The minimum absolute atomic E-state index is 0.00198. The number of nitrogens with zero attached hydrogens (tertiary/aromatic N) is 2. The minimum atomic E-state index is -0.450. The van der Waals surface area contributed by atoms with Crippen molar-refractivity contribution < 1.29 is 4.92 Å². The third-order valence-electron chi connectivity index (χ3n) is 2.82. The first-order valence-electron chi connectivity index (χ1n) is 5.90. The lowest BCUT2D eigenvalue weighted by molar-refractivity contribution is -0.384. The molecule has 2 aromatic rings. The summed E-state index contributed by atoms with van der Waals surface area (Å²) in [6.45, 7) is 2.73. The number of non-ortho nitro benzene ring substituents is 1. The second-order valence-electron chi connectivity index (χ2n) is 3.97. The van der Waals surface area contributed by atoms with Crippen LogP contribution >= 0.6 is 11.6 Å². The van der Waals surface area contributed by atoms with Crippen molar-refractivity contribution in [1.82, 2.24) is 0 Å². The number of nitro groups is 1. The molecule has 0 saturated carbocycles. The van der Waals surface area contributed by atoms with E-state index in [0.717, 1.165) is 17.9 Å². The lowest BCUT2D eigenvalue weighted by Gasteiger charge is -2.24. The van der Waals surface area contributed by atoms with Gasteiger partial charge in [-0.25, -0.2) is 0 Å². The van der Waals surface area contributed by atoms with Crippen LogP contribution in [0.4, 0.5) is 17.1 Å². The fraction of sp³-hybridized carbons (Fsp3) is 0.143. The lowest BCUT2D eigenvalue weighted by atomic mass is 10.2. The van der Waals surface area contributed by atoms with Gasteiger partial charge < -0.3 is 4.90 Å². The molecule has 0 amide bonds. The SMILES string of the molecule is CCN(c1ccccc1)c1ccc([N+](=O)[O-])cc1Cl. The van der Waals surface area contributed by atoms with E-state index in [-0.39, 0.29) is 5.69 Å². The van der Waals surface area contributed by atoms with Crippen LogP contribution in [0.1, 0.15) is 6.92 Å². The van der Waals surface area contributed by atoms with Crippen LogP contribution in [0.25, 0.3) is 0 Å². The molecule has 0 bridgehead atoms. The van der Waals surface area contributed by atoms with Gasteiger partial charge in [0.15, 0.2) is 0 Å². The fourth-order valence-corrected chi connectivity index (χ4v) is 2.21. The molecule has 0 atom stereocenters. The van der Waals surface area contributed by atoms with Gasteiger partial charge >= 0.3 is 0 Å². The smallest absolute Gasteiger partial charge is 0.271 e. The second kappa shape index (κ2) is 5.71. The van der Waals surface area contributed by atoms with Crippen LogP contribution in [0.15, 0.2) is 48.5 Å². The van der Waals surface area contributed by atoms with Gasteiger partial charge in [0.05, 0.1) is 15.6 Å². The summed E-state index contributed by atoms with van der Waals surface area (Å²) in [6, 6.07) is 14.3. The Morgan fingerprint density at radius 2 is 1.89 bits per heavy atom. The van der Waals surface area contributed by atoms with Crippen LogP contribution in [0.3, 0.4) is 0 Å². The van der Waals surface area contributed by atoms with E-state index in [4.69, 9.17) is 11.6 Å². The molecular formula is C14H13ClN2O2. The summed E-state index contributed by atoms with van der Waals surface area (Å²) in [6.07, 6.45) is 0. The van der Waals surface area contributed by atoms with Crippen LogP contribution in [0.5, 0.6) is 0 Å². The lowest BCUT2D eigenvalue weighted by Crippen LogP contribution is -2.16. The van der Waals surface area contributed by atoms with Gasteiger partial charge in [0.1, 0.15) is 0 Å². The first kappa shape index (κ1) is 13.4. The van der Waals surface area contributed by atoms with Gasteiger partial charge in [0.25, 0.3) is 5.69 Å². The largest absolute Gasteiger partial charge is 0.341 e. The van der Waals surface area contributed by atoms with Crippen molar-refractivity contribution in [3.05, 3.63) is 63.7 Å². The summed E-state index contributed by atoms with van der Waals surface area (Å²) in [5.74, 6) is 0. The van der Waals surface area contributed by atoms with Crippen LogP contribution < -0.4 is 4.90 Å². The quantitative estimate of drug-likeness (QED) is 0.614. The zero-order valence-corrected chi connectivity index (χ0v) is 11.2. The number of hydrogen-bond donors (Lipinski definition) is 0. The van der Waals surface area contributed by atoms with E-state index in [1.165, 1.54) is 12.1 Å². The molecule has 5 heteroatoms. The van der Waals surface area contributed by atoms with Crippen molar-refractivity contribution in [3.63, 3.8) is 0 Å². The molecule has 0 heterocycles. The summed E-state index contributed by atoms with van der Waals surface area (Å²) >= 11 is 6.15. The van der Waals surface area contributed by atoms with E-state index in [0.29, 0.717) is 5.02 Å². The second-order valence-corrected chi connectivity index (χ2v) is 4.38. The fourth-order valence-electron chi connectivity index (χ4n) is 1.93. The molecule has 19 heavy (non-hydrogen) atoms. The monoisotopic (exact) mass is 276 g/mol. The van der Waals surface area contributed by atoms with E-state index in [1.807, 2.05) is 42.2 Å². The highest BCUT2D eigenvalue weighted by Crippen LogP contribution is 2.33. The Morgan fingerprint density at radius 1 is 1.21 bits per heavy atom. The predicted molar refractivity (Wildman–Crippen MR) is 77.2 cm³/mol. The molecule has 0 saturated heterocycles. The van der Waals surface area contributed by atoms with Crippen molar-refractivity contribution in [2.24, 2.45) is 0 Å². The Hall–Kier alpha value is -2.07. The number of para-hydroxylation sites is 1. The number of halogens is 1. The van der Waals surface area contributed by atoms with Crippen LogP contribution in [0, 0.1) is 10.1 Å². The Labute approximate surface area is 116 Å². The summed E-state index contributed by atoms with van der Waals surface area (Å²) < 4.78 is 0. The molecule has 2 aromatic carbocycles. The molecule has 2 rings (SSSR count). The van der Waals surface area contributed by atoms with Crippen LogP contribution in [-0.2, 0) is 0 Å². The Kier molecular flexibility index (Phi) is 4.02. The molecule has 0 aliphatic heterocycles. The zero-order chi connectivity index (χ0) is 13.8. The molecule has 0 aliphatic carbocycles. The normalized spacial score (nSPS) is 10.2. The molecule has 0 spiro atoms. The van der Waals surface area contributed by atoms with Crippen molar-refractivity contribution in [2.45, 2.75) is 6.92 Å². The maximum Gasteiger partial charge on any atom is 0.271 e. The molecule has 0 aromatic heterocycles. The number of benzene rings is 2. The molecule has 4 nitrogen and oxygen atoms in total. The minimum Gasteiger partial charge on any atom is -0.341 e. The molecule has 0 fully saturated rings. The van der Waals surface area contributed by atoms with Crippen molar-refractivity contribution in [2.75, 3.05) is 11.4 Å². The first-order chi connectivity index (χ1) is 9.13. The molecule has 0 N–H and O–H groups in total. The molecule has 0 radical (unpaired) electrons. The first-order valence-corrected chi connectivity index (χ1v) is 6.27. The van der Waals surface area contributed by atoms with Gasteiger partial charge in [-0.05, 0) is 25.1 Å². The van der Waals surface area contributed by atoms with Gasteiger partial charge in [0.2, 0.25) is 0 Å². The highest BCUT2D eigenvalue weighted by molar-refractivity contribution is 6.33. The van der Waals surface area contributed by atoms with Gasteiger partial charge in [-0.15, -0.1) is 0 Å². The Bertz CT molecular complexity index is 587. The zero-order valence-electron chi connectivity index (χ0n) is 10.4. The number of hydrogen-bond acceptors (Lipinski definition) is 3. The average Bonchev–Trinajstić information content (AvgIpc) is 2.42. The molecular weight excluding hydrogens is 264 g/mol. The molecule has 98 valence electrons.